The van der Waals surface area contributed by atoms with E-state index in [1.807, 2.05) is 41.0 Å². The van der Waals surface area contributed by atoms with Gasteiger partial charge in [-0.05, 0) is 48.9 Å². The van der Waals surface area contributed by atoms with Crippen LogP contribution >= 0.6 is 0 Å². The minimum Gasteiger partial charge on any atom is -0.465 e. The molecule has 34 heavy (non-hydrogen) atoms. The fourth-order valence-corrected chi connectivity index (χ4v) is 5.48. The van der Waals surface area contributed by atoms with Gasteiger partial charge in [0.25, 0.3) is 0 Å². The van der Waals surface area contributed by atoms with E-state index in [1.165, 1.54) is 11.1 Å². The number of nitrogens with one attached hydrogen (secondary N) is 1. The van der Waals surface area contributed by atoms with E-state index in [0.717, 1.165) is 23.9 Å². The van der Waals surface area contributed by atoms with E-state index in [-0.39, 0.29) is 23.7 Å². The Hall–Kier alpha value is -3.80. The van der Waals surface area contributed by atoms with Crippen LogP contribution in [0.5, 0.6) is 0 Å². The number of hydrogen-bond acceptors (Lipinski definition) is 2. The number of para-hydroxylation sites is 2. The molecule has 2 N–H and O–H groups in total. The van der Waals surface area contributed by atoms with E-state index in [2.05, 4.69) is 53.5 Å². The van der Waals surface area contributed by atoms with Crippen molar-refractivity contribution in [3.63, 3.8) is 0 Å². The number of aromatic amines is 1. The molecule has 1 amide bonds. The van der Waals surface area contributed by atoms with Gasteiger partial charge in [-0.3, -0.25) is 4.57 Å². The predicted octanol–water partition coefficient (Wildman–Crippen LogP) is 5.63. The van der Waals surface area contributed by atoms with Gasteiger partial charge >= 0.3 is 11.8 Å². The zero-order valence-corrected chi connectivity index (χ0v) is 19.0. The van der Waals surface area contributed by atoms with Crippen LogP contribution in [0.3, 0.4) is 0 Å². The van der Waals surface area contributed by atoms with E-state index in [1.54, 1.807) is 4.90 Å². The Labute approximate surface area is 198 Å². The van der Waals surface area contributed by atoms with Gasteiger partial charge in [0.2, 0.25) is 0 Å². The second-order valence-corrected chi connectivity index (χ2v) is 9.08. The number of benzene rings is 3. The van der Waals surface area contributed by atoms with Crippen molar-refractivity contribution in [2.75, 3.05) is 6.54 Å². The van der Waals surface area contributed by atoms with Gasteiger partial charge < -0.3 is 15.0 Å². The number of H-pyrrole nitrogens is 1. The summed E-state index contributed by atoms with van der Waals surface area (Å²) < 4.78 is 1.83. The van der Waals surface area contributed by atoms with Gasteiger partial charge in [-0.2, -0.15) is 0 Å². The van der Waals surface area contributed by atoms with Crippen LogP contribution in [0.4, 0.5) is 4.79 Å². The maximum Gasteiger partial charge on any atom is 0.407 e. The molecular formula is C28H29N3O3. The smallest absolute Gasteiger partial charge is 0.407 e. The van der Waals surface area contributed by atoms with Gasteiger partial charge in [-0.1, -0.05) is 72.8 Å². The lowest BCUT2D eigenvalue weighted by Gasteiger charge is -2.39. The van der Waals surface area contributed by atoms with Crippen LogP contribution in [0.25, 0.3) is 11.0 Å². The van der Waals surface area contributed by atoms with Crippen molar-refractivity contribution in [2.24, 2.45) is 0 Å². The number of carbonyl (C=O) groups is 1. The fraction of sp³-hybridized carbons (Fsp3) is 0.286. The summed E-state index contributed by atoms with van der Waals surface area (Å²) in [6.07, 6.45) is 1.94. The van der Waals surface area contributed by atoms with Crippen LogP contribution in [0.2, 0.25) is 0 Å². The third-order valence-electron chi connectivity index (χ3n) is 7.12. The first-order valence-corrected chi connectivity index (χ1v) is 11.9. The highest BCUT2D eigenvalue weighted by Gasteiger charge is 2.34. The van der Waals surface area contributed by atoms with Crippen molar-refractivity contribution >= 4 is 17.1 Å². The lowest BCUT2D eigenvalue weighted by atomic mass is 9.84. The molecule has 2 unspecified atom stereocenters. The molecule has 6 nitrogen and oxygen atoms in total. The average Bonchev–Trinajstić information content (AvgIpc) is 3.21. The molecule has 1 aliphatic heterocycles. The number of amides is 1. The Bertz CT molecular complexity index is 1270. The minimum absolute atomic E-state index is 0.0313. The highest BCUT2D eigenvalue weighted by molar-refractivity contribution is 5.75. The summed E-state index contributed by atoms with van der Waals surface area (Å²) in [6, 6.07) is 28.3. The Morgan fingerprint density at radius 3 is 2.21 bits per heavy atom. The molecule has 0 bridgehead atoms. The fourth-order valence-electron chi connectivity index (χ4n) is 5.48. The maximum absolute atomic E-state index is 12.8. The van der Waals surface area contributed by atoms with Crippen molar-refractivity contribution in [2.45, 2.75) is 43.7 Å². The number of likely N-dealkylation sites (tertiary alicyclic amines) is 1. The molecule has 4 aromatic rings. The Kier molecular flexibility index (Phi) is 6.21. The molecule has 0 saturated carbocycles. The highest BCUT2D eigenvalue weighted by Crippen LogP contribution is 2.35. The monoisotopic (exact) mass is 455 g/mol. The standard InChI is InChI=1S/C28H29N3O3/c32-27-29-25-13-7-8-14-26(25)31(27)23-17-18-30(28(33)34)22(19-23)15-16-24(20-9-3-1-4-10-20)21-11-5-2-6-12-21/h1-14,22-24H,15-19H2,(H,29,32)(H,33,34). The first kappa shape index (κ1) is 22.0. The molecule has 1 saturated heterocycles. The van der Waals surface area contributed by atoms with E-state index in [0.29, 0.717) is 19.4 Å². The van der Waals surface area contributed by atoms with Gasteiger partial charge in [-0.25, -0.2) is 9.59 Å². The van der Waals surface area contributed by atoms with E-state index < -0.39 is 6.09 Å². The zero-order valence-electron chi connectivity index (χ0n) is 19.0. The van der Waals surface area contributed by atoms with Crippen LogP contribution in [-0.4, -0.2) is 38.2 Å². The summed E-state index contributed by atoms with van der Waals surface area (Å²) in [5, 5.41) is 9.90. The molecule has 6 heteroatoms. The van der Waals surface area contributed by atoms with E-state index in [4.69, 9.17) is 0 Å². The van der Waals surface area contributed by atoms with Crippen LogP contribution in [0, 0.1) is 0 Å². The van der Waals surface area contributed by atoms with Crippen molar-refractivity contribution < 1.29 is 9.90 Å². The van der Waals surface area contributed by atoms with E-state index >= 15 is 0 Å². The minimum atomic E-state index is -0.884. The number of rotatable bonds is 6. The lowest BCUT2D eigenvalue weighted by molar-refractivity contribution is 0.0868. The molecule has 2 heterocycles. The van der Waals surface area contributed by atoms with Crippen LogP contribution in [0.1, 0.15) is 48.8 Å². The van der Waals surface area contributed by atoms with Gasteiger partial charge in [0, 0.05) is 24.5 Å². The first-order valence-electron chi connectivity index (χ1n) is 11.9. The molecule has 1 aliphatic rings. The Morgan fingerprint density at radius 1 is 0.941 bits per heavy atom. The largest absolute Gasteiger partial charge is 0.465 e. The summed E-state index contributed by atoms with van der Waals surface area (Å²) in [5.74, 6) is 0.189. The molecule has 174 valence electrons. The molecule has 3 aromatic carbocycles. The molecular weight excluding hydrogens is 426 g/mol. The summed E-state index contributed by atoms with van der Waals surface area (Å²) >= 11 is 0. The number of aromatic nitrogens is 2. The highest BCUT2D eigenvalue weighted by atomic mass is 16.4. The summed E-state index contributed by atoms with van der Waals surface area (Å²) in [7, 11) is 0. The van der Waals surface area contributed by atoms with Crippen LogP contribution in [-0.2, 0) is 0 Å². The number of imidazole rings is 1. The number of nitrogens with zero attached hydrogens (tertiary/aromatic N) is 2. The average molecular weight is 456 g/mol. The van der Waals surface area contributed by atoms with Gasteiger partial charge in [0.1, 0.15) is 0 Å². The van der Waals surface area contributed by atoms with Crippen molar-refractivity contribution in [3.05, 3.63) is 107 Å². The third kappa shape index (κ3) is 4.36. The summed E-state index contributed by atoms with van der Waals surface area (Å²) in [6.45, 7) is 0.429. The summed E-state index contributed by atoms with van der Waals surface area (Å²) in [5.41, 5.74) is 4.04. The number of piperidine rings is 1. The van der Waals surface area contributed by atoms with Crippen LogP contribution in [0.15, 0.2) is 89.7 Å². The van der Waals surface area contributed by atoms with Crippen molar-refractivity contribution in [1.29, 1.82) is 0 Å². The Balaban J connectivity index is 1.41. The lowest BCUT2D eigenvalue weighted by Crippen LogP contribution is -2.47. The second-order valence-electron chi connectivity index (χ2n) is 9.08. The molecule has 5 rings (SSSR count). The molecule has 1 aromatic heterocycles. The second kappa shape index (κ2) is 9.59. The van der Waals surface area contributed by atoms with Gasteiger partial charge in [0.05, 0.1) is 11.0 Å². The number of hydrogen-bond donors (Lipinski definition) is 2. The van der Waals surface area contributed by atoms with Crippen molar-refractivity contribution in [1.82, 2.24) is 14.5 Å². The SMILES string of the molecule is O=C(O)N1CCC(n2c(=O)[nH]c3ccccc32)CC1CCC(c1ccccc1)c1ccccc1. The molecule has 0 aliphatic carbocycles. The molecule has 1 fully saturated rings. The van der Waals surface area contributed by atoms with Gasteiger partial charge in [0.15, 0.2) is 0 Å². The van der Waals surface area contributed by atoms with Crippen LogP contribution < -0.4 is 5.69 Å². The molecule has 0 spiro atoms. The van der Waals surface area contributed by atoms with Crippen molar-refractivity contribution in [3.8, 4) is 0 Å². The number of fused-ring (bicyclic) bond motifs is 1. The first-order chi connectivity index (χ1) is 16.6. The van der Waals surface area contributed by atoms with E-state index in [9.17, 15) is 14.7 Å². The zero-order chi connectivity index (χ0) is 23.5. The third-order valence-corrected chi connectivity index (χ3v) is 7.12. The quantitative estimate of drug-likeness (QED) is 0.396. The van der Waals surface area contributed by atoms with Gasteiger partial charge in [-0.15, -0.1) is 0 Å². The molecule has 0 radical (unpaired) electrons. The number of carboxylic acid groups (broad SMARTS) is 1. The maximum atomic E-state index is 12.8. The Morgan fingerprint density at radius 2 is 1.56 bits per heavy atom. The normalized spacial score (nSPS) is 18.4. The predicted molar refractivity (Wildman–Crippen MR) is 133 cm³/mol. The molecule has 2 atom stereocenters. The topological polar surface area (TPSA) is 78.3 Å². The summed E-state index contributed by atoms with van der Waals surface area (Å²) in [4.78, 5) is 29.4.